The van der Waals surface area contributed by atoms with Crippen LogP contribution in [0.1, 0.15) is 29.5 Å². The number of nitrogens with two attached hydrogens (primary N) is 1. The molecule has 0 atom stereocenters. The standard InChI is InChI=1S/C14H18N4OS/c1-3-5-11-12(15)13(18-17-11)14(19)16-9-6-4-7-10(8-9)20-2/h4,6-8H,3,5,15H2,1-2H3,(H,16,19)(H,17,18). The first-order valence-electron chi connectivity index (χ1n) is 6.43. The molecule has 5 nitrogen and oxygen atoms in total. The first-order valence-corrected chi connectivity index (χ1v) is 7.66. The number of nitrogens with zero attached hydrogens (tertiary/aromatic N) is 1. The molecular weight excluding hydrogens is 272 g/mol. The number of carbonyl (C=O) groups excluding carboxylic acids is 1. The number of H-pyrrole nitrogens is 1. The van der Waals surface area contributed by atoms with E-state index in [1.807, 2.05) is 37.4 Å². The molecule has 1 aromatic heterocycles. The van der Waals surface area contributed by atoms with Crippen molar-refractivity contribution in [3.8, 4) is 0 Å². The molecule has 1 heterocycles. The molecule has 0 bridgehead atoms. The summed E-state index contributed by atoms with van der Waals surface area (Å²) in [5.74, 6) is -0.292. The Hall–Kier alpha value is -1.95. The Balaban J connectivity index is 2.15. The number of carbonyl (C=O) groups is 1. The van der Waals surface area contributed by atoms with Crippen LogP contribution in [0.4, 0.5) is 11.4 Å². The number of aryl methyl sites for hydroxylation is 1. The molecule has 0 aliphatic carbocycles. The van der Waals surface area contributed by atoms with Crippen molar-refractivity contribution < 1.29 is 4.79 Å². The van der Waals surface area contributed by atoms with E-state index in [2.05, 4.69) is 15.5 Å². The summed E-state index contributed by atoms with van der Waals surface area (Å²) < 4.78 is 0. The third kappa shape index (κ3) is 3.14. The minimum absolute atomic E-state index is 0.253. The molecule has 0 fully saturated rings. The molecule has 0 aliphatic rings. The van der Waals surface area contributed by atoms with Crippen molar-refractivity contribution in [3.05, 3.63) is 35.7 Å². The number of hydrogen-bond acceptors (Lipinski definition) is 4. The normalized spacial score (nSPS) is 10.5. The second-order valence-corrected chi connectivity index (χ2v) is 5.28. The summed E-state index contributed by atoms with van der Waals surface area (Å²) in [4.78, 5) is 13.3. The van der Waals surface area contributed by atoms with E-state index in [1.54, 1.807) is 11.8 Å². The van der Waals surface area contributed by atoms with Gasteiger partial charge in [0.2, 0.25) is 0 Å². The van der Waals surface area contributed by atoms with E-state index in [0.29, 0.717) is 5.69 Å². The van der Waals surface area contributed by atoms with Crippen molar-refractivity contribution in [2.75, 3.05) is 17.3 Å². The number of thioether (sulfide) groups is 1. The highest BCUT2D eigenvalue weighted by atomic mass is 32.2. The van der Waals surface area contributed by atoms with Gasteiger partial charge in [-0.25, -0.2) is 0 Å². The van der Waals surface area contributed by atoms with Gasteiger partial charge in [-0.05, 0) is 30.9 Å². The Morgan fingerprint density at radius 1 is 1.50 bits per heavy atom. The Morgan fingerprint density at radius 3 is 3.00 bits per heavy atom. The summed E-state index contributed by atoms with van der Waals surface area (Å²) in [6.45, 7) is 2.05. The molecule has 0 saturated carbocycles. The largest absolute Gasteiger partial charge is 0.395 e. The topological polar surface area (TPSA) is 83.8 Å². The molecule has 1 aromatic carbocycles. The number of nitrogens with one attached hydrogen (secondary N) is 2. The van der Waals surface area contributed by atoms with E-state index in [9.17, 15) is 4.79 Å². The van der Waals surface area contributed by atoms with Crippen LogP contribution in [-0.2, 0) is 6.42 Å². The molecule has 1 amide bonds. The fraction of sp³-hybridized carbons (Fsp3) is 0.286. The van der Waals surface area contributed by atoms with Gasteiger partial charge in [-0.2, -0.15) is 5.10 Å². The van der Waals surface area contributed by atoms with Crippen LogP contribution < -0.4 is 11.1 Å². The van der Waals surface area contributed by atoms with Gasteiger partial charge in [0.25, 0.3) is 5.91 Å². The lowest BCUT2D eigenvalue weighted by Gasteiger charge is -2.05. The van der Waals surface area contributed by atoms with Gasteiger partial charge in [0.05, 0.1) is 11.4 Å². The molecule has 106 valence electrons. The smallest absolute Gasteiger partial charge is 0.278 e. The van der Waals surface area contributed by atoms with Gasteiger partial charge in [0, 0.05) is 10.6 Å². The van der Waals surface area contributed by atoms with Crippen molar-refractivity contribution in [1.82, 2.24) is 10.2 Å². The fourth-order valence-electron chi connectivity index (χ4n) is 1.89. The molecule has 2 aromatic rings. The van der Waals surface area contributed by atoms with Crippen molar-refractivity contribution in [2.45, 2.75) is 24.7 Å². The second kappa shape index (κ2) is 6.47. The first kappa shape index (κ1) is 14.5. The molecule has 0 spiro atoms. The maximum absolute atomic E-state index is 12.2. The van der Waals surface area contributed by atoms with Gasteiger partial charge in [0.15, 0.2) is 5.69 Å². The average Bonchev–Trinajstić information content (AvgIpc) is 2.81. The number of aromatic nitrogens is 2. The molecule has 0 radical (unpaired) electrons. The summed E-state index contributed by atoms with van der Waals surface area (Å²) >= 11 is 1.62. The minimum atomic E-state index is -0.292. The monoisotopic (exact) mass is 290 g/mol. The van der Waals surface area contributed by atoms with Crippen molar-refractivity contribution in [3.63, 3.8) is 0 Å². The summed E-state index contributed by atoms with van der Waals surface area (Å²) in [5.41, 5.74) is 8.18. The van der Waals surface area contributed by atoms with Crippen molar-refractivity contribution in [1.29, 1.82) is 0 Å². The van der Waals surface area contributed by atoms with Crippen LogP contribution in [0.3, 0.4) is 0 Å². The van der Waals surface area contributed by atoms with Crippen LogP contribution in [0.2, 0.25) is 0 Å². The Morgan fingerprint density at radius 2 is 2.30 bits per heavy atom. The fourth-order valence-corrected chi connectivity index (χ4v) is 2.35. The number of rotatable bonds is 5. The summed E-state index contributed by atoms with van der Waals surface area (Å²) in [6.07, 6.45) is 3.72. The molecule has 20 heavy (non-hydrogen) atoms. The summed E-state index contributed by atoms with van der Waals surface area (Å²) in [7, 11) is 0. The molecule has 6 heteroatoms. The number of anilines is 2. The molecular formula is C14H18N4OS. The quantitative estimate of drug-likeness (QED) is 0.739. The zero-order chi connectivity index (χ0) is 14.5. The van der Waals surface area contributed by atoms with Gasteiger partial charge in [0.1, 0.15) is 0 Å². The predicted octanol–water partition coefficient (Wildman–Crippen LogP) is 2.92. The van der Waals surface area contributed by atoms with Crippen molar-refractivity contribution >= 4 is 29.0 Å². The molecule has 0 saturated heterocycles. The third-order valence-electron chi connectivity index (χ3n) is 2.93. The van der Waals surface area contributed by atoms with Gasteiger partial charge in [-0.1, -0.05) is 19.4 Å². The zero-order valence-corrected chi connectivity index (χ0v) is 12.4. The lowest BCUT2D eigenvalue weighted by molar-refractivity contribution is 0.102. The van der Waals surface area contributed by atoms with Crippen LogP contribution >= 0.6 is 11.8 Å². The number of benzene rings is 1. The molecule has 0 aliphatic heterocycles. The van der Waals surface area contributed by atoms with E-state index in [0.717, 1.165) is 29.1 Å². The molecule has 2 rings (SSSR count). The number of hydrogen-bond donors (Lipinski definition) is 3. The van der Waals surface area contributed by atoms with Crippen LogP contribution in [-0.4, -0.2) is 22.4 Å². The lowest BCUT2D eigenvalue weighted by atomic mass is 10.2. The predicted molar refractivity (Wildman–Crippen MR) is 83.2 cm³/mol. The van der Waals surface area contributed by atoms with Gasteiger partial charge in [-0.15, -0.1) is 11.8 Å². The average molecular weight is 290 g/mol. The highest BCUT2D eigenvalue weighted by Gasteiger charge is 2.16. The van der Waals surface area contributed by atoms with Crippen molar-refractivity contribution in [2.24, 2.45) is 0 Å². The van der Waals surface area contributed by atoms with Crippen LogP contribution in [0.15, 0.2) is 29.2 Å². The van der Waals surface area contributed by atoms with Crippen LogP contribution in [0, 0.1) is 0 Å². The summed E-state index contributed by atoms with van der Waals surface area (Å²) in [5, 5.41) is 9.64. The maximum Gasteiger partial charge on any atom is 0.278 e. The zero-order valence-electron chi connectivity index (χ0n) is 11.6. The SMILES string of the molecule is CCCc1[nH]nc(C(=O)Nc2cccc(SC)c2)c1N. The Bertz CT molecular complexity index is 609. The van der Waals surface area contributed by atoms with E-state index >= 15 is 0 Å². The van der Waals surface area contributed by atoms with E-state index < -0.39 is 0 Å². The molecule has 4 N–H and O–H groups in total. The number of nitrogen functional groups attached to an aromatic ring is 1. The highest BCUT2D eigenvalue weighted by Crippen LogP contribution is 2.21. The van der Waals surface area contributed by atoms with Crippen LogP contribution in [0.25, 0.3) is 0 Å². The Labute approximate surface area is 122 Å². The second-order valence-electron chi connectivity index (χ2n) is 4.40. The minimum Gasteiger partial charge on any atom is -0.395 e. The Kier molecular flexibility index (Phi) is 4.68. The van der Waals surface area contributed by atoms with Gasteiger partial charge in [-0.3, -0.25) is 9.89 Å². The number of amides is 1. The highest BCUT2D eigenvalue weighted by molar-refractivity contribution is 7.98. The molecule has 0 unspecified atom stereocenters. The summed E-state index contributed by atoms with van der Waals surface area (Å²) in [6, 6.07) is 7.65. The van der Waals surface area contributed by atoms with E-state index in [-0.39, 0.29) is 11.6 Å². The maximum atomic E-state index is 12.2. The van der Waals surface area contributed by atoms with Gasteiger partial charge >= 0.3 is 0 Å². The lowest BCUT2D eigenvalue weighted by Crippen LogP contribution is -2.14. The first-order chi connectivity index (χ1) is 9.65. The van der Waals surface area contributed by atoms with E-state index in [1.165, 1.54) is 0 Å². The van der Waals surface area contributed by atoms with E-state index in [4.69, 9.17) is 5.73 Å². The van der Waals surface area contributed by atoms with Gasteiger partial charge < -0.3 is 11.1 Å². The van der Waals surface area contributed by atoms with Crippen LogP contribution in [0.5, 0.6) is 0 Å². The third-order valence-corrected chi connectivity index (χ3v) is 3.65. The number of aromatic amines is 1.